The summed E-state index contributed by atoms with van der Waals surface area (Å²) in [6.45, 7) is 12.7. The number of hydrogen-bond donors (Lipinski definition) is 1. The zero-order valence-electron chi connectivity index (χ0n) is 34.3. The van der Waals surface area contributed by atoms with Crippen LogP contribution in [-0.2, 0) is 18.9 Å². The van der Waals surface area contributed by atoms with Crippen LogP contribution in [0.3, 0.4) is 0 Å². The molecule has 1 aliphatic heterocycles. The lowest BCUT2D eigenvalue weighted by Crippen LogP contribution is -3.00. The van der Waals surface area contributed by atoms with Crippen molar-refractivity contribution in [2.24, 2.45) is 0 Å². The predicted octanol–water partition coefficient (Wildman–Crippen LogP) is 8.56. The molecular weight excluding hydrogens is 751 g/mol. The van der Waals surface area contributed by atoms with Crippen LogP contribution in [0.4, 0.5) is 4.79 Å². The first kappa shape index (κ1) is 50.8. The molecule has 1 fully saturated rings. The number of ether oxygens (including phenoxy) is 4. The maximum Gasteiger partial charge on any atom is 0.407 e. The molecule has 8 heteroatoms. The lowest BCUT2D eigenvalue weighted by molar-refractivity contribution is -0.917. The van der Waals surface area contributed by atoms with Gasteiger partial charge in [0.05, 0.1) is 33.4 Å². The highest BCUT2D eigenvalue weighted by Gasteiger charge is 2.24. The van der Waals surface area contributed by atoms with Crippen LogP contribution >= 0.6 is 0 Å². The van der Waals surface area contributed by atoms with Crippen LogP contribution in [0.1, 0.15) is 194 Å². The molecule has 0 saturated carbocycles. The second kappa shape index (κ2) is 39.5. The number of unbranched alkanes of at least 4 members (excludes halogenated alkanes) is 25. The molecular formula is C43H87IN2O5. The molecule has 7 nitrogen and oxygen atoms in total. The molecule has 0 spiro atoms. The Balaban J connectivity index is 0.0000250. The summed E-state index contributed by atoms with van der Waals surface area (Å²) < 4.78 is 24.5. The van der Waals surface area contributed by atoms with Crippen molar-refractivity contribution in [3.05, 3.63) is 0 Å². The van der Waals surface area contributed by atoms with Gasteiger partial charge >= 0.3 is 6.09 Å². The average Bonchev–Trinajstić information content (AvgIpc) is 3.12. The van der Waals surface area contributed by atoms with Gasteiger partial charge in [-0.2, -0.15) is 0 Å². The summed E-state index contributed by atoms with van der Waals surface area (Å²) in [5, 5.41) is 2.95. The normalized spacial score (nSPS) is 14.6. The molecule has 0 aromatic carbocycles. The minimum atomic E-state index is -0.337. The second-order valence-electron chi connectivity index (χ2n) is 15.7. The summed E-state index contributed by atoms with van der Waals surface area (Å²) in [7, 11) is 2.35. The number of carbonyl (C=O) groups excluding carboxylic acids is 1. The van der Waals surface area contributed by atoms with Crippen molar-refractivity contribution in [3.8, 4) is 0 Å². The standard InChI is InChI=1S/C43H86N2O5.HI/c1-4-6-8-10-12-14-16-18-20-22-26-30-36-48-40-42(49-37-31-27-23-21-19-17-15-13-11-9-7-5-2)41-50-43(46)44-32-28-24-25-29-33-45(3)34-38-47-39-35-45;/h42H,4-41H2,1-3H3;1H. The molecule has 1 amide bonds. The van der Waals surface area contributed by atoms with Crippen LogP contribution in [0.5, 0.6) is 0 Å². The maximum atomic E-state index is 12.4. The Kier molecular flexibility index (Phi) is 39.4. The van der Waals surface area contributed by atoms with Crippen LogP contribution in [0.2, 0.25) is 0 Å². The van der Waals surface area contributed by atoms with E-state index in [2.05, 4.69) is 26.2 Å². The van der Waals surface area contributed by atoms with Crippen molar-refractivity contribution < 1.29 is 52.2 Å². The molecule has 0 radical (unpaired) electrons. The first-order valence-electron chi connectivity index (χ1n) is 22.1. The first-order valence-corrected chi connectivity index (χ1v) is 22.1. The predicted molar refractivity (Wildman–Crippen MR) is 212 cm³/mol. The van der Waals surface area contributed by atoms with E-state index < -0.39 is 0 Å². The average molecular weight is 839 g/mol. The topological polar surface area (TPSA) is 66.0 Å². The lowest BCUT2D eigenvalue weighted by Gasteiger charge is -2.37. The molecule has 0 bridgehead atoms. The third-order valence-electron chi connectivity index (χ3n) is 10.6. The molecule has 1 saturated heterocycles. The van der Waals surface area contributed by atoms with E-state index >= 15 is 0 Å². The summed E-state index contributed by atoms with van der Waals surface area (Å²) >= 11 is 0. The number of nitrogens with zero attached hydrogens (tertiary/aromatic N) is 1. The zero-order valence-corrected chi connectivity index (χ0v) is 36.5. The van der Waals surface area contributed by atoms with Crippen LogP contribution in [0.25, 0.3) is 0 Å². The minimum absolute atomic E-state index is 0. The Hall–Kier alpha value is -0.160. The molecule has 0 aromatic rings. The van der Waals surface area contributed by atoms with Gasteiger partial charge in [-0.1, -0.05) is 162 Å². The zero-order chi connectivity index (χ0) is 36.1. The van der Waals surface area contributed by atoms with Gasteiger partial charge in [-0.05, 0) is 32.1 Å². The number of morpholine rings is 1. The highest BCUT2D eigenvalue weighted by Crippen LogP contribution is 2.14. The Labute approximate surface area is 334 Å². The molecule has 1 unspecified atom stereocenters. The van der Waals surface area contributed by atoms with Crippen molar-refractivity contribution in [1.82, 2.24) is 5.32 Å². The molecule has 1 heterocycles. The van der Waals surface area contributed by atoms with Crippen LogP contribution < -0.4 is 29.3 Å². The van der Waals surface area contributed by atoms with E-state index in [1.54, 1.807) is 0 Å². The van der Waals surface area contributed by atoms with E-state index in [4.69, 9.17) is 18.9 Å². The summed E-state index contributed by atoms with van der Waals surface area (Å²) in [6, 6.07) is 0. The van der Waals surface area contributed by atoms with E-state index in [-0.39, 0.29) is 42.8 Å². The fourth-order valence-electron chi connectivity index (χ4n) is 6.99. The van der Waals surface area contributed by atoms with Crippen molar-refractivity contribution in [3.63, 3.8) is 0 Å². The van der Waals surface area contributed by atoms with Crippen LogP contribution in [0, 0.1) is 0 Å². The van der Waals surface area contributed by atoms with Gasteiger partial charge in [0.2, 0.25) is 0 Å². The van der Waals surface area contributed by atoms with Crippen LogP contribution in [0.15, 0.2) is 0 Å². The van der Waals surface area contributed by atoms with Crippen molar-refractivity contribution in [1.29, 1.82) is 0 Å². The maximum absolute atomic E-state index is 12.4. The van der Waals surface area contributed by atoms with Gasteiger partial charge in [-0.3, -0.25) is 0 Å². The van der Waals surface area contributed by atoms with Gasteiger partial charge in [0.15, 0.2) is 0 Å². The number of amides is 1. The summed E-state index contributed by atoms with van der Waals surface area (Å²) in [6.07, 6.45) is 36.1. The number of alkyl carbamates (subject to hydrolysis) is 1. The van der Waals surface area contributed by atoms with Gasteiger partial charge in [0.1, 0.15) is 25.8 Å². The number of likely N-dealkylation sites (N-methyl/N-ethyl adjacent to an activating group) is 1. The Morgan fingerprint density at radius 2 is 1.02 bits per heavy atom. The van der Waals surface area contributed by atoms with E-state index in [1.165, 1.54) is 161 Å². The Bertz CT molecular complexity index is 710. The highest BCUT2D eigenvalue weighted by atomic mass is 127. The van der Waals surface area contributed by atoms with Gasteiger partial charge in [-0.25, -0.2) is 4.79 Å². The molecule has 0 aromatic heterocycles. The number of quaternary nitrogens is 1. The van der Waals surface area contributed by atoms with Crippen molar-refractivity contribution in [2.75, 3.05) is 72.9 Å². The largest absolute Gasteiger partial charge is 1.00 e. The second-order valence-corrected chi connectivity index (χ2v) is 15.7. The molecule has 1 aliphatic rings. The summed E-state index contributed by atoms with van der Waals surface area (Å²) in [4.78, 5) is 12.4. The number of nitrogens with one attached hydrogen (secondary N) is 1. The molecule has 1 atom stereocenters. The van der Waals surface area contributed by atoms with Crippen molar-refractivity contribution in [2.45, 2.75) is 200 Å². The number of hydrogen-bond acceptors (Lipinski definition) is 5. The molecule has 306 valence electrons. The lowest BCUT2D eigenvalue weighted by atomic mass is 10.1. The van der Waals surface area contributed by atoms with Gasteiger partial charge in [0.25, 0.3) is 0 Å². The quantitative estimate of drug-likeness (QED) is 0.0384. The number of halogens is 1. The SMILES string of the molecule is CCCCCCCCCCCCCCOCC(COC(=O)NCCCCCC[N+]1(C)CCOCC1)OCCCCCCCCCCCCCC.[I-]. The van der Waals surface area contributed by atoms with Gasteiger partial charge in [-0.15, -0.1) is 0 Å². The molecule has 51 heavy (non-hydrogen) atoms. The Morgan fingerprint density at radius 3 is 1.53 bits per heavy atom. The number of carbonyl (C=O) groups is 1. The molecule has 0 aliphatic carbocycles. The molecule has 1 rings (SSSR count). The number of rotatable bonds is 38. The van der Waals surface area contributed by atoms with E-state index in [0.29, 0.717) is 19.8 Å². The van der Waals surface area contributed by atoms with Crippen LogP contribution in [-0.4, -0.2) is 89.5 Å². The smallest absolute Gasteiger partial charge is 0.407 e. The van der Waals surface area contributed by atoms with Gasteiger partial charge < -0.3 is 52.7 Å². The first-order chi connectivity index (χ1) is 24.6. The summed E-state index contributed by atoms with van der Waals surface area (Å²) in [5.41, 5.74) is 0. The summed E-state index contributed by atoms with van der Waals surface area (Å²) in [5.74, 6) is 0. The Morgan fingerprint density at radius 1 is 0.588 bits per heavy atom. The van der Waals surface area contributed by atoms with E-state index in [1.807, 2.05) is 0 Å². The van der Waals surface area contributed by atoms with E-state index in [9.17, 15) is 4.79 Å². The highest BCUT2D eigenvalue weighted by molar-refractivity contribution is 5.67. The fraction of sp³-hybridized carbons (Fsp3) is 0.977. The minimum Gasteiger partial charge on any atom is -1.00 e. The van der Waals surface area contributed by atoms with Gasteiger partial charge in [0, 0.05) is 19.8 Å². The van der Waals surface area contributed by atoms with Crippen molar-refractivity contribution >= 4 is 6.09 Å². The third kappa shape index (κ3) is 35.3. The van der Waals surface area contributed by atoms with E-state index in [0.717, 1.165) is 63.1 Å². The monoisotopic (exact) mass is 839 g/mol. The fourth-order valence-corrected chi connectivity index (χ4v) is 6.99. The third-order valence-corrected chi connectivity index (χ3v) is 10.6. The molecule has 1 N–H and O–H groups in total.